The molecule has 4 aromatic rings. The Kier molecular flexibility index (Phi) is 15.2. The van der Waals surface area contributed by atoms with Gasteiger partial charge in [0.05, 0.1) is 34.8 Å². The molecule has 17 nitrogen and oxygen atoms in total. The van der Waals surface area contributed by atoms with Crippen LogP contribution in [0.2, 0.25) is 0 Å². The zero-order valence-corrected chi connectivity index (χ0v) is 45.8. The van der Waals surface area contributed by atoms with Crippen LogP contribution in [-0.2, 0) is 48.0 Å². The summed E-state index contributed by atoms with van der Waals surface area (Å²) in [6.07, 6.45) is 9.59. The molecule has 2 spiro atoms. The van der Waals surface area contributed by atoms with Crippen LogP contribution in [-0.4, -0.2) is 161 Å². The monoisotopic (exact) mass is 1030 g/mol. The molecule has 1 aromatic carbocycles. The number of fused-ring (bicyclic) bond motifs is 7. The molecule has 7 heterocycles. The number of cyclic esters (lactones) is 1. The number of nitrogens with zero attached hydrogens (tertiary/aromatic N) is 8. The number of likely N-dealkylation sites (tertiary alicyclic amines) is 2. The number of benzene rings is 1. The smallest absolute Gasteiger partial charge is 0.324 e. The molecular weight excluding hydrogens is 957 g/mol. The average Bonchev–Trinajstić information content (AvgIpc) is 3.86. The Morgan fingerprint density at radius 1 is 1.03 bits per heavy atom. The van der Waals surface area contributed by atoms with E-state index in [9.17, 15) is 24.0 Å². The molecule has 2 N–H and O–H groups in total. The van der Waals surface area contributed by atoms with E-state index < -0.39 is 41.3 Å². The summed E-state index contributed by atoms with van der Waals surface area (Å²) in [6.45, 7) is 16.5. The van der Waals surface area contributed by atoms with Gasteiger partial charge in [-0.2, -0.15) is 0 Å². The first-order valence-electron chi connectivity index (χ1n) is 26.5. The lowest BCUT2D eigenvalue weighted by atomic mass is 9.62. The number of likely N-dealkylation sites (N-methyl/N-ethyl adjacent to an activating group) is 2. The maximum absolute atomic E-state index is 14.8. The Hall–Kier alpha value is -5.69. The molecule has 4 fully saturated rings. The number of carbonyl (C=O) groups excluding carboxylic acids is 5. The molecular formula is C56H76N10O7S. The first-order chi connectivity index (χ1) is 35.3. The average molecular weight is 1030 g/mol. The number of nitrogens with one attached hydrogen (secondary N) is 2. The van der Waals surface area contributed by atoms with Gasteiger partial charge in [0.2, 0.25) is 11.8 Å². The summed E-state index contributed by atoms with van der Waals surface area (Å²) in [7, 11) is 7.31. The number of urea groups is 1. The van der Waals surface area contributed by atoms with Crippen LogP contribution in [0, 0.1) is 22.2 Å². The number of hydrogen-bond acceptors (Lipinski definition) is 12. The summed E-state index contributed by atoms with van der Waals surface area (Å²) in [5.74, 6) is -1.56. The summed E-state index contributed by atoms with van der Waals surface area (Å²) >= 11 is 1.43. The predicted molar refractivity (Wildman–Crippen MR) is 286 cm³/mol. The number of hydrogen-bond donors (Lipinski definition) is 2. The molecule has 9 rings (SSSR count). The van der Waals surface area contributed by atoms with Gasteiger partial charge in [-0.25, -0.2) is 15.2 Å². The topological polar surface area (TPSA) is 175 Å². The Balaban J connectivity index is 0.990. The standard InChI is InChI=1S/C56H76N10O7S/c1-11-65-44-19-18-37-27-39(44)40(49(65)38-15-12-23-57-47(38)36(4)72-10)29-54(5,6)34-73-52(70)41-16-13-25-66(60-41)51(69)42(28-45-58-43(37)30-74-45)59-50(68)48(35(2)3)62(9)53(71)63-26-22-56(55(31-63)20-21-55)32-64(33-56)46(67)17-14-24-61(7)8/h12,14-15,17-19,23,27,30,35-36,41-42,48,60H,11,13,16,20-22,24-26,28-29,31-34H2,1-10H3,(H,59,68)/b17-14+/t36-,41-,42-,48-/m0/s1. The molecule has 398 valence electrons. The van der Waals surface area contributed by atoms with Crippen molar-refractivity contribution in [3.05, 3.63) is 70.3 Å². The lowest BCUT2D eigenvalue weighted by Crippen LogP contribution is -2.68. The number of pyridine rings is 1. The predicted octanol–water partition coefficient (Wildman–Crippen LogP) is 6.71. The van der Waals surface area contributed by atoms with Gasteiger partial charge in [-0.15, -0.1) is 11.3 Å². The highest BCUT2D eigenvalue weighted by Crippen LogP contribution is 2.66. The van der Waals surface area contributed by atoms with Crippen LogP contribution >= 0.6 is 11.3 Å². The third-order valence-electron chi connectivity index (χ3n) is 16.4. The highest BCUT2D eigenvalue weighted by molar-refractivity contribution is 7.10. The number of methoxy groups -OCH3 is 1. The van der Waals surface area contributed by atoms with Crippen LogP contribution in [0.5, 0.6) is 0 Å². The Morgan fingerprint density at radius 3 is 2.49 bits per heavy atom. The second-order valence-corrected chi connectivity index (χ2v) is 23.9. The van der Waals surface area contributed by atoms with Crippen LogP contribution in [0.1, 0.15) is 96.0 Å². The van der Waals surface area contributed by atoms with Crippen LogP contribution in [0.4, 0.5) is 4.79 Å². The van der Waals surface area contributed by atoms with E-state index >= 15 is 0 Å². The van der Waals surface area contributed by atoms with Crippen LogP contribution in [0.15, 0.2) is 54.1 Å². The van der Waals surface area contributed by atoms with E-state index in [1.54, 1.807) is 26.4 Å². The van der Waals surface area contributed by atoms with E-state index in [-0.39, 0.29) is 47.8 Å². The molecule has 1 aliphatic carbocycles. The van der Waals surface area contributed by atoms with Crippen molar-refractivity contribution in [3.63, 3.8) is 0 Å². The van der Waals surface area contributed by atoms with Crippen LogP contribution < -0.4 is 10.7 Å². The van der Waals surface area contributed by atoms with Crippen LogP contribution in [0.25, 0.3) is 33.4 Å². The molecule has 5 aliphatic rings. The number of hydrazine groups is 1. The van der Waals surface area contributed by atoms with Gasteiger partial charge in [-0.1, -0.05) is 39.8 Å². The largest absolute Gasteiger partial charge is 0.464 e. The summed E-state index contributed by atoms with van der Waals surface area (Å²) in [6, 6.07) is 7.49. The maximum atomic E-state index is 14.8. The SMILES string of the molecule is CCn1c(-c2cccnc2[C@H](C)OC)c2c3cc(ccc31)-c1csc(n1)C[C@H](NC(=O)[C@H](C(C)C)N(C)C(=O)N1CCC3(CN(C(=O)/C=C/CN(C)C)C3)C3(CC3)C1)C(=O)N1CCC[C@H](N1)C(=O)OCC(C)(C)C2. The second kappa shape index (κ2) is 21.1. The number of rotatable bonds is 11. The van der Waals surface area contributed by atoms with Crippen molar-refractivity contribution in [2.75, 3.05) is 74.1 Å². The van der Waals surface area contributed by atoms with Crippen LogP contribution in [0.3, 0.4) is 0 Å². The minimum atomic E-state index is -1.07. The molecule has 3 saturated heterocycles. The minimum absolute atomic E-state index is 0.00994. The van der Waals surface area contributed by atoms with E-state index in [4.69, 9.17) is 19.4 Å². The number of piperidine rings is 1. The van der Waals surface area contributed by atoms with Crippen molar-refractivity contribution in [3.8, 4) is 22.5 Å². The first kappa shape index (κ1) is 53.1. The number of amides is 5. The minimum Gasteiger partial charge on any atom is -0.464 e. The number of aryl methyl sites for hydroxylation is 1. The number of ether oxygens (including phenoxy) is 2. The van der Waals surface area contributed by atoms with Gasteiger partial charge < -0.3 is 39.0 Å². The number of aromatic nitrogens is 3. The fourth-order valence-corrected chi connectivity index (χ4v) is 13.0. The molecule has 5 amide bonds. The summed E-state index contributed by atoms with van der Waals surface area (Å²) < 4.78 is 14.3. The summed E-state index contributed by atoms with van der Waals surface area (Å²) in [5, 5.41) is 8.25. The van der Waals surface area contributed by atoms with E-state index in [1.807, 2.05) is 67.1 Å². The van der Waals surface area contributed by atoms with Crippen molar-refractivity contribution < 1.29 is 33.4 Å². The molecule has 4 atom stereocenters. The fourth-order valence-electron chi connectivity index (χ4n) is 12.1. The molecule has 6 bridgehead atoms. The van der Waals surface area contributed by atoms with Gasteiger partial charge in [-0.05, 0) is 108 Å². The van der Waals surface area contributed by atoms with Gasteiger partial charge in [0, 0.05) is 117 Å². The van der Waals surface area contributed by atoms with E-state index in [2.05, 4.69) is 60.3 Å². The highest BCUT2D eigenvalue weighted by atomic mass is 32.1. The number of thiazole rings is 1. The van der Waals surface area contributed by atoms with Gasteiger partial charge in [0.1, 0.15) is 18.1 Å². The first-order valence-corrected chi connectivity index (χ1v) is 27.4. The fraction of sp³-hybridized carbons (Fsp3) is 0.589. The summed E-state index contributed by atoms with van der Waals surface area (Å²) in [4.78, 5) is 88.4. The zero-order valence-electron chi connectivity index (χ0n) is 45.0. The summed E-state index contributed by atoms with van der Waals surface area (Å²) in [5.41, 5.74) is 9.29. The molecule has 0 unspecified atom stereocenters. The van der Waals surface area contributed by atoms with E-state index in [1.165, 1.54) is 21.2 Å². The normalized spacial score (nSPS) is 22.2. The lowest BCUT2D eigenvalue weighted by Gasteiger charge is -2.59. The third-order valence-corrected chi connectivity index (χ3v) is 17.3. The molecule has 74 heavy (non-hydrogen) atoms. The van der Waals surface area contributed by atoms with Crippen molar-refractivity contribution in [1.82, 2.24) is 49.9 Å². The third kappa shape index (κ3) is 10.3. The molecule has 3 aromatic heterocycles. The van der Waals surface area contributed by atoms with E-state index in [0.717, 1.165) is 63.9 Å². The van der Waals surface area contributed by atoms with Gasteiger partial charge in [0.15, 0.2) is 0 Å². The van der Waals surface area contributed by atoms with Gasteiger partial charge in [-0.3, -0.25) is 29.2 Å². The van der Waals surface area contributed by atoms with Crippen molar-refractivity contribution in [2.45, 2.75) is 117 Å². The maximum Gasteiger partial charge on any atom is 0.324 e. The van der Waals surface area contributed by atoms with Crippen molar-refractivity contribution in [1.29, 1.82) is 0 Å². The van der Waals surface area contributed by atoms with Crippen molar-refractivity contribution >= 4 is 52.0 Å². The molecule has 4 aliphatic heterocycles. The van der Waals surface area contributed by atoms with Gasteiger partial charge >= 0.3 is 12.0 Å². The quantitative estimate of drug-likeness (QED) is 0.121. The lowest BCUT2D eigenvalue weighted by molar-refractivity contribution is -0.155. The zero-order chi connectivity index (χ0) is 52.9. The Labute approximate surface area is 440 Å². The Bertz CT molecular complexity index is 2810. The highest BCUT2D eigenvalue weighted by Gasteiger charge is 2.67. The Morgan fingerprint density at radius 2 is 1.78 bits per heavy atom. The second-order valence-electron chi connectivity index (χ2n) is 22.9. The molecule has 1 saturated carbocycles. The van der Waals surface area contributed by atoms with Crippen molar-refractivity contribution in [2.24, 2.45) is 22.2 Å². The number of carbonyl (C=O) groups is 5. The molecule has 18 heteroatoms. The molecule has 0 radical (unpaired) electrons. The van der Waals surface area contributed by atoms with E-state index in [0.29, 0.717) is 70.1 Å². The van der Waals surface area contributed by atoms with Gasteiger partial charge in [0.25, 0.3) is 5.91 Å². The number of esters is 1.